The summed E-state index contributed by atoms with van der Waals surface area (Å²) in [6.07, 6.45) is 1.77. The largest absolute Gasteiger partial charge is 0.411 e. The number of hydrogen-bond acceptors (Lipinski definition) is 1. The average molecular weight is 301 g/mol. The minimum absolute atomic E-state index is 0.0104. The molecule has 2 atom stereocenters. The van der Waals surface area contributed by atoms with E-state index >= 15 is 0 Å². The van der Waals surface area contributed by atoms with Crippen molar-refractivity contribution in [1.82, 2.24) is 0 Å². The van der Waals surface area contributed by atoms with E-state index in [1.54, 1.807) is 0 Å². The van der Waals surface area contributed by atoms with Gasteiger partial charge in [0.25, 0.3) is 0 Å². The highest BCUT2D eigenvalue weighted by molar-refractivity contribution is 9.09. The molecule has 0 heterocycles. The second kappa shape index (κ2) is 4.48. The first-order valence-electron chi connectivity index (χ1n) is 5.76. The van der Waals surface area contributed by atoms with Crippen LogP contribution in [-0.2, 0) is 4.74 Å². The van der Waals surface area contributed by atoms with Gasteiger partial charge in [-0.2, -0.15) is 13.2 Å². The molecule has 2 aliphatic rings. The summed E-state index contributed by atoms with van der Waals surface area (Å²) >= 11 is 3.58. The molecule has 2 unspecified atom stereocenters. The molecule has 0 aliphatic heterocycles. The van der Waals surface area contributed by atoms with Crippen molar-refractivity contribution in [2.45, 2.75) is 55.6 Å². The highest BCUT2D eigenvalue weighted by Gasteiger charge is 2.55. The van der Waals surface area contributed by atoms with Gasteiger partial charge in [0.05, 0.1) is 6.10 Å². The second-order valence-electron chi connectivity index (χ2n) is 4.91. The molecule has 0 radical (unpaired) electrons. The van der Waals surface area contributed by atoms with Gasteiger partial charge in [0.1, 0.15) is 6.61 Å². The van der Waals surface area contributed by atoms with Gasteiger partial charge < -0.3 is 4.74 Å². The maximum Gasteiger partial charge on any atom is 0.411 e. The predicted octanol–water partition coefficient (Wildman–Crippen LogP) is 4.05. The fourth-order valence-electron chi connectivity index (χ4n) is 2.97. The predicted molar refractivity (Wildman–Crippen MR) is 58.6 cm³/mol. The van der Waals surface area contributed by atoms with Crippen LogP contribution in [0.15, 0.2) is 0 Å². The van der Waals surface area contributed by atoms with E-state index in [-0.39, 0.29) is 11.5 Å². The van der Waals surface area contributed by atoms with Crippen LogP contribution < -0.4 is 0 Å². The first-order chi connectivity index (χ1) is 7.44. The van der Waals surface area contributed by atoms with E-state index in [1.165, 1.54) is 6.42 Å². The third-order valence-electron chi connectivity index (χ3n) is 3.92. The van der Waals surface area contributed by atoms with E-state index in [4.69, 9.17) is 4.74 Å². The Morgan fingerprint density at radius 1 is 1.19 bits per heavy atom. The molecule has 2 saturated carbocycles. The lowest BCUT2D eigenvalue weighted by molar-refractivity contribution is -0.217. The molecule has 94 valence electrons. The lowest BCUT2D eigenvalue weighted by Crippen LogP contribution is -2.57. The fraction of sp³-hybridized carbons (Fsp3) is 1.00. The van der Waals surface area contributed by atoms with Crippen molar-refractivity contribution in [2.24, 2.45) is 5.41 Å². The summed E-state index contributed by atoms with van der Waals surface area (Å²) in [6, 6.07) is 0. The Morgan fingerprint density at radius 3 is 2.31 bits per heavy atom. The van der Waals surface area contributed by atoms with E-state index in [9.17, 15) is 13.2 Å². The molecule has 16 heavy (non-hydrogen) atoms. The van der Waals surface area contributed by atoms with E-state index < -0.39 is 12.8 Å². The highest BCUT2D eigenvalue weighted by Crippen LogP contribution is 2.56. The van der Waals surface area contributed by atoms with Gasteiger partial charge in [0.15, 0.2) is 0 Å². The van der Waals surface area contributed by atoms with Crippen LogP contribution in [0.5, 0.6) is 0 Å². The molecule has 2 aliphatic carbocycles. The maximum atomic E-state index is 12.1. The van der Waals surface area contributed by atoms with E-state index in [1.807, 2.05) is 0 Å². The molecular formula is C11H16BrF3O. The van der Waals surface area contributed by atoms with Crippen LogP contribution in [0, 0.1) is 5.41 Å². The van der Waals surface area contributed by atoms with Crippen LogP contribution in [0.4, 0.5) is 13.2 Å². The van der Waals surface area contributed by atoms with Gasteiger partial charge >= 0.3 is 6.18 Å². The summed E-state index contributed by atoms with van der Waals surface area (Å²) in [5.41, 5.74) is -0.0104. The minimum Gasteiger partial charge on any atom is -0.368 e. The molecule has 0 saturated heterocycles. The van der Waals surface area contributed by atoms with Crippen LogP contribution in [-0.4, -0.2) is 23.7 Å². The SMILES string of the molecule is FC(F)(F)COC1CC(Br)C12CCCCC2. The van der Waals surface area contributed by atoms with Gasteiger partial charge in [-0.3, -0.25) is 0 Å². The molecule has 5 heteroatoms. The molecule has 2 fully saturated rings. The van der Waals surface area contributed by atoms with Crippen molar-refractivity contribution in [3.05, 3.63) is 0 Å². The highest BCUT2D eigenvalue weighted by atomic mass is 79.9. The molecule has 0 aromatic carbocycles. The third-order valence-corrected chi connectivity index (χ3v) is 5.20. The first kappa shape index (κ1) is 12.7. The summed E-state index contributed by atoms with van der Waals surface area (Å²) in [7, 11) is 0. The van der Waals surface area contributed by atoms with Gasteiger partial charge in [-0.15, -0.1) is 0 Å². The normalized spacial score (nSPS) is 33.8. The van der Waals surface area contributed by atoms with Crippen molar-refractivity contribution in [1.29, 1.82) is 0 Å². The zero-order valence-corrected chi connectivity index (χ0v) is 10.6. The van der Waals surface area contributed by atoms with E-state index in [0.717, 1.165) is 32.1 Å². The molecule has 1 nitrogen and oxygen atoms in total. The van der Waals surface area contributed by atoms with Crippen LogP contribution in [0.25, 0.3) is 0 Å². The van der Waals surface area contributed by atoms with Crippen molar-refractivity contribution < 1.29 is 17.9 Å². The van der Waals surface area contributed by atoms with Gasteiger partial charge in [-0.25, -0.2) is 0 Å². The first-order valence-corrected chi connectivity index (χ1v) is 6.68. The van der Waals surface area contributed by atoms with Crippen molar-refractivity contribution in [3.8, 4) is 0 Å². The summed E-state index contributed by atoms with van der Waals surface area (Å²) in [5.74, 6) is 0. The lowest BCUT2D eigenvalue weighted by Gasteiger charge is -2.55. The Labute approximate surface area is 102 Å². The average Bonchev–Trinajstić information content (AvgIpc) is 2.24. The second-order valence-corrected chi connectivity index (χ2v) is 6.02. The Morgan fingerprint density at radius 2 is 1.81 bits per heavy atom. The van der Waals surface area contributed by atoms with Crippen LogP contribution >= 0.6 is 15.9 Å². The number of halogens is 4. The molecule has 0 N–H and O–H groups in total. The van der Waals surface area contributed by atoms with Gasteiger partial charge in [-0.1, -0.05) is 35.2 Å². The number of alkyl halides is 4. The Hall–Kier alpha value is 0.230. The van der Waals surface area contributed by atoms with E-state index in [0.29, 0.717) is 4.83 Å². The van der Waals surface area contributed by atoms with Gasteiger partial charge in [0, 0.05) is 10.2 Å². The van der Waals surface area contributed by atoms with E-state index in [2.05, 4.69) is 15.9 Å². The lowest BCUT2D eigenvalue weighted by atomic mass is 9.58. The summed E-state index contributed by atoms with van der Waals surface area (Å²) in [4.78, 5) is 0.346. The van der Waals surface area contributed by atoms with Crippen LogP contribution in [0.1, 0.15) is 38.5 Å². The van der Waals surface area contributed by atoms with Crippen molar-refractivity contribution >= 4 is 15.9 Å². The molecule has 1 spiro atoms. The van der Waals surface area contributed by atoms with Crippen LogP contribution in [0.3, 0.4) is 0 Å². The van der Waals surface area contributed by atoms with Gasteiger partial charge in [-0.05, 0) is 19.3 Å². The number of ether oxygens (including phenoxy) is 1. The molecule has 0 amide bonds. The third kappa shape index (κ3) is 2.40. The molecule has 0 aromatic heterocycles. The van der Waals surface area contributed by atoms with Crippen molar-refractivity contribution in [3.63, 3.8) is 0 Å². The zero-order chi connectivity index (χ0) is 11.8. The quantitative estimate of drug-likeness (QED) is 0.699. The summed E-state index contributed by atoms with van der Waals surface area (Å²) < 4.78 is 41.3. The molecule has 0 aromatic rings. The number of rotatable bonds is 2. The Balaban J connectivity index is 1.91. The zero-order valence-electron chi connectivity index (χ0n) is 9.02. The minimum atomic E-state index is -4.20. The maximum absolute atomic E-state index is 12.1. The Kier molecular flexibility index (Phi) is 3.55. The molecule has 0 bridgehead atoms. The summed E-state index contributed by atoms with van der Waals surface area (Å²) in [5, 5.41) is 0. The fourth-order valence-corrected chi connectivity index (χ4v) is 4.07. The molecular weight excluding hydrogens is 285 g/mol. The standard InChI is InChI=1S/C11H16BrF3O/c12-8-6-9(16-7-11(13,14)15)10(8)4-2-1-3-5-10/h8-9H,1-7H2. The van der Waals surface area contributed by atoms with Crippen molar-refractivity contribution in [2.75, 3.05) is 6.61 Å². The monoisotopic (exact) mass is 300 g/mol. The van der Waals surface area contributed by atoms with Gasteiger partial charge in [0.2, 0.25) is 0 Å². The summed E-state index contributed by atoms with van der Waals surface area (Å²) in [6.45, 7) is -1.10. The smallest absolute Gasteiger partial charge is 0.368 e. The topological polar surface area (TPSA) is 9.23 Å². The molecule has 2 rings (SSSR count). The van der Waals surface area contributed by atoms with Crippen LogP contribution in [0.2, 0.25) is 0 Å². The number of hydrogen-bond donors (Lipinski definition) is 0. The Bertz CT molecular complexity index is 248.